The van der Waals surface area contributed by atoms with E-state index in [9.17, 15) is 18.5 Å². The van der Waals surface area contributed by atoms with Crippen molar-refractivity contribution in [3.8, 4) is 0 Å². The highest BCUT2D eigenvalue weighted by atomic mass is 32.2. The molecule has 1 atom stereocenters. The fourth-order valence-electron chi connectivity index (χ4n) is 3.00. The summed E-state index contributed by atoms with van der Waals surface area (Å²) in [5.41, 5.74) is 0.232. The maximum Gasteiger partial charge on any atom is 0.270 e. The van der Waals surface area contributed by atoms with E-state index in [4.69, 9.17) is 0 Å². The van der Waals surface area contributed by atoms with E-state index >= 15 is 0 Å². The van der Waals surface area contributed by atoms with Gasteiger partial charge in [0.25, 0.3) is 5.69 Å². The SMILES string of the molecule is Cc1ccc([N+](=O)[O-])cc1S(=O)(=O)N1CCNCC1c1nccn1C. The maximum atomic E-state index is 13.2. The number of nitrogens with zero attached hydrogens (tertiary/aromatic N) is 4. The van der Waals surface area contributed by atoms with Gasteiger partial charge in [0.2, 0.25) is 10.0 Å². The average Bonchev–Trinajstić information content (AvgIpc) is 3.00. The van der Waals surface area contributed by atoms with Crippen LogP contribution in [0.3, 0.4) is 0 Å². The van der Waals surface area contributed by atoms with Crippen molar-refractivity contribution >= 4 is 15.7 Å². The topological polar surface area (TPSA) is 110 Å². The molecule has 1 aromatic heterocycles. The molecule has 1 aliphatic heterocycles. The minimum Gasteiger partial charge on any atom is -0.337 e. The second-order valence-corrected chi connectivity index (χ2v) is 7.80. The van der Waals surface area contributed by atoms with Crippen LogP contribution in [0.5, 0.6) is 0 Å². The van der Waals surface area contributed by atoms with Crippen LogP contribution in [0.1, 0.15) is 17.4 Å². The molecule has 0 spiro atoms. The summed E-state index contributed by atoms with van der Waals surface area (Å²) in [4.78, 5) is 14.7. The lowest BCUT2D eigenvalue weighted by Gasteiger charge is -2.34. The number of nitrogens with one attached hydrogen (secondary N) is 1. The molecule has 2 heterocycles. The quantitative estimate of drug-likeness (QED) is 0.638. The Morgan fingerprint density at radius 2 is 2.16 bits per heavy atom. The maximum absolute atomic E-state index is 13.2. The molecule has 1 aromatic carbocycles. The molecule has 1 fully saturated rings. The number of piperazine rings is 1. The van der Waals surface area contributed by atoms with Crippen molar-refractivity contribution < 1.29 is 13.3 Å². The molecule has 2 aromatic rings. The molecule has 0 saturated carbocycles. The van der Waals surface area contributed by atoms with E-state index in [0.717, 1.165) is 6.07 Å². The largest absolute Gasteiger partial charge is 0.337 e. The van der Waals surface area contributed by atoms with E-state index in [-0.39, 0.29) is 17.1 Å². The summed E-state index contributed by atoms with van der Waals surface area (Å²) in [7, 11) is -2.10. The number of hydrogen-bond donors (Lipinski definition) is 1. The molecule has 25 heavy (non-hydrogen) atoms. The highest BCUT2D eigenvalue weighted by Crippen LogP contribution is 2.31. The van der Waals surface area contributed by atoms with Gasteiger partial charge in [0.15, 0.2) is 0 Å². The van der Waals surface area contributed by atoms with Crippen molar-refractivity contribution in [2.75, 3.05) is 19.6 Å². The van der Waals surface area contributed by atoms with Gasteiger partial charge in [0, 0.05) is 51.2 Å². The summed E-state index contributed by atoms with van der Waals surface area (Å²) >= 11 is 0. The van der Waals surface area contributed by atoms with Crippen LogP contribution in [0.2, 0.25) is 0 Å². The Bertz CT molecular complexity index is 908. The van der Waals surface area contributed by atoms with Crippen LogP contribution in [0.15, 0.2) is 35.5 Å². The summed E-state index contributed by atoms with van der Waals surface area (Å²) in [5.74, 6) is 0.624. The predicted octanol–water partition coefficient (Wildman–Crippen LogP) is 0.972. The first kappa shape index (κ1) is 17.5. The van der Waals surface area contributed by atoms with Crippen molar-refractivity contribution in [3.63, 3.8) is 0 Å². The molecule has 10 heteroatoms. The van der Waals surface area contributed by atoms with E-state index < -0.39 is 21.0 Å². The first-order valence-electron chi connectivity index (χ1n) is 7.77. The number of benzene rings is 1. The molecule has 0 amide bonds. The summed E-state index contributed by atoms with van der Waals surface area (Å²) in [6, 6.07) is 3.42. The van der Waals surface area contributed by atoms with Crippen molar-refractivity contribution in [2.24, 2.45) is 7.05 Å². The van der Waals surface area contributed by atoms with Crippen LogP contribution < -0.4 is 5.32 Å². The molecule has 134 valence electrons. The lowest BCUT2D eigenvalue weighted by Crippen LogP contribution is -2.49. The van der Waals surface area contributed by atoms with Gasteiger partial charge >= 0.3 is 0 Å². The normalized spacial score (nSPS) is 19.0. The van der Waals surface area contributed by atoms with Gasteiger partial charge < -0.3 is 9.88 Å². The highest BCUT2D eigenvalue weighted by molar-refractivity contribution is 7.89. The number of non-ortho nitro benzene ring substituents is 1. The number of hydrogen-bond acceptors (Lipinski definition) is 6. The van der Waals surface area contributed by atoms with Gasteiger partial charge in [-0.2, -0.15) is 4.31 Å². The Hall–Kier alpha value is -2.30. The second kappa shape index (κ2) is 6.54. The standard InChI is InChI=1S/C15H19N5O4S/c1-11-3-4-12(20(21)22)9-14(11)25(23,24)19-8-5-16-10-13(19)15-17-6-7-18(15)2/h3-4,6-7,9,13,16H,5,8,10H2,1-2H3. The zero-order valence-electron chi connectivity index (χ0n) is 13.9. The third kappa shape index (κ3) is 3.15. The minimum atomic E-state index is -3.91. The predicted molar refractivity (Wildman–Crippen MR) is 90.5 cm³/mol. The van der Waals surface area contributed by atoms with Crippen LogP contribution in [0.25, 0.3) is 0 Å². The fourth-order valence-corrected chi connectivity index (χ4v) is 4.83. The molecule has 3 rings (SSSR count). The van der Waals surface area contributed by atoms with Gasteiger partial charge in [-0.15, -0.1) is 0 Å². The van der Waals surface area contributed by atoms with Gasteiger partial charge in [0.05, 0.1) is 15.9 Å². The molecule has 1 N–H and O–H groups in total. The highest BCUT2D eigenvalue weighted by Gasteiger charge is 2.37. The first-order chi connectivity index (χ1) is 11.8. The Labute approximate surface area is 145 Å². The van der Waals surface area contributed by atoms with Crippen LogP contribution in [0, 0.1) is 17.0 Å². The monoisotopic (exact) mass is 365 g/mol. The second-order valence-electron chi connectivity index (χ2n) is 5.94. The van der Waals surface area contributed by atoms with Crippen molar-refractivity contribution in [3.05, 3.63) is 52.1 Å². The van der Waals surface area contributed by atoms with E-state index in [1.807, 2.05) is 0 Å². The van der Waals surface area contributed by atoms with Crippen LogP contribution >= 0.6 is 0 Å². The Morgan fingerprint density at radius 1 is 1.40 bits per heavy atom. The third-order valence-corrected chi connectivity index (χ3v) is 6.37. The van der Waals surface area contributed by atoms with E-state index in [1.165, 1.54) is 16.4 Å². The summed E-state index contributed by atoms with van der Waals surface area (Å²) in [5, 5.41) is 14.2. The summed E-state index contributed by atoms with van der Waals surface area (Å²) < 4.78 is 29.6. The number of aryl methyl sites for hydroxylation is 2. The number of imidazole rings is 1. The number of nitro benzene ring substituents is 1. The molecular weight excluding hydrogens is 346 g/mol. The summed E-state index contributed by atoms with van der Waals surface area (Å²) in [6.45, 7) is 2.84. The van der Waals surface area contributed by atoms with Crippen molar-refractivity contribution in [1.29, 1.82) is 0 Å². The summed E-state index contributed by atoms with van der Waals surface area (Å²) in [6.07, 6.45) is 3.38. The molecular formula is C15H19N5O4S. The molecule has 0 aliphatic carbocycles. The number of sulfonamides is 1. The zero-order valence-corrected chi connectivity index (χ0v) is 14.7. The lowest BCUT2D eigenvalue weighted by molar-refractivity contribution is -0.385. The Kier molecular flexibility index (Phi) is 4.58. The van der Waals surface area contributed by atoms with Crippen LogP contribution in [-0.4, -0.2) is 46.8 Å². The number of rotatable bonds is 4. The Morgan fingerprint density at radius 3 is 2.80 bits per heavy atom. The van der Waals surface area contributed by atoms with E-state index in [2.05, 4.69) is 10.3 Å². The van der Waals surface area contributed by atoms with Gasteiger partial charge in [-0.25, -0.2) is 13.4 Å². The van der Waals surface area contributed by atoms with Gasteiger partial charge in [-0.1, -0.05) is 6.07 Å². The number of nitro groups is 1. The van der Waals surface area contributed by atoms with Crippen LogP contribution in [0.4, 0.5) is 5.69 Å². The molecule has 9 nitrogen and oxygen atoms in total. The lowest BCUT2D eigenvalue weighted by atomic mass is 10.2. The van der Waals surface area contributed by atoms with Crippen molar-refractivity contribution in [2.45, 2.75) is 17.9 Å². The fraction of sp³-hybridized carbons (Fsp3) is 0.400. The average molecular weight is 365 g/mol. The van der Waals surface area contributed by atoms with Gasteiger partial charge in [-0.3, -0.25) is 10.1 Å². The molecule has 1 saturated heterocycles. The zero-order chi connectivity index (χ0) is 18.2. The molecule has 0 bridgehead atoms. The smallest absolute Gasteiger partial charge is 0.270 e. The Balaban J connectivity index is 2.07. The first-order valence-corrected chi connectivity index (χ1v) is 9.21. The molecule has 0 radical (unpaired) electrons. The molecule has 1 unspecified atom stereocenters. The molecule has 1 aliphatic rings. The van der Waals surface area contributed by atoms with Gasteiger partial charge in [0.1, 0.15) is 5.82 Å². The third-order valence-electron chi connectivity index (χ3n) is 4.32. The van der Waals surface area contributed by atoms with E-state index in [1.54, 1.807) is 30.9 Å². The van der Waals surface area contributed by atoms with Gasteiger partial charge in [-0.05, 0) is 12.5 Å². The van der Waals surface area contributed by atoms with Crippen LogP contribution in [-0.2, 0) is 17.1 Å². The minimum absolute atomic E-state index is 0.0391. The van der Waals surface area contributed by atoms with Crippen molar-refractivity contribution in [1.82, 2.24) is 19.2 Å². The number of aromatic nitrogens is 2. The van der Waals surface area contributed by atoms with E-state index in [0.29, 0.717) is 24.5 Å².